The molecule has 1 aliphatic heterocycles. The molecule has 0 unspecified atom stereocenters. The van der Waals surface area contributed by atoms with Crippen LogP contribution in [0.1, 0.15) is 28.1 Å². The first-order valence-electron chi connectivity index (χ1n) is 7.72. The second-order valence-corrected chi connectivity index (χ2v) is 6.96. The zero-order valence-corrected chi connectivity index (χ0v) is 13.9. The second kappa shape index (κ2) is 5.83. The van der Waals surface area contributed by atoms with E-state index >= 15 is 0 Å². The van der Waals surface area contributed by atoms with Gasteiger partial charge in [0.2, 0.25) is 12.7 Å². The molecular weight excluding hydrogens is 328 g/mol. The molecule has 1 saturated carbocycles. The Labute approximate surface area is 142 Å². The topological polar surface area (TPSA) is 76.7 Å². The molecule has 0 bridgehead atoms. The van der Waals surface area contributed by atoms with Crippen molar-refractivity contribution in [2.45, 2.75) is 19.8 Å². The molecule has 1 aliphatic carbocycles. The van der Waals surface area contributed by atoms with Crippen LogP contribution in [0.5, 0.6) is 11.5 Å². The van der Waals surface area contributed by atoms with Crippen molar-refractivity contribution < 1.29 is 19.1 Å². The van der Waals surface area contributed by atoms with Gasteiger partial charge in [0.15, 0.2) is 11.5 Å². The third-order valence-corrected chi connectivity index (χ3v) is 5.10. The number of thiophene rings is 1. The molecule has 24 heavy (non-hydrogen) atoms. The maximum atomic E-state index is 12.5. The number of fused-ring (bicyclic) bond motifs is 1. The maximum absolute atomic E-state index is 12.5. The van der Waals surface area contributed by atoms with E-state index in [1.54, 1.807) is 18.2 Å². The van der Waals surface area contributed by atoms with Gasteiger partial charge in [-0.05, 0) is 43.5 Å². The minimum Gasteiger partial charge on any atom is -0.454 e. The number of rotatable bonds is 4. The normalized spacial score (nSPS) is 15.2. The predicted octanol–water partition coefficient (Wildman–Crippen LogP) is 3.39. The number of hydrogen-bond donors (Lipinski definition) is 2. The van der Waals surface area contributed by atoms with Crippen molar-refractivity contribution in [1.29, 1.82) is 0 Å². The fourth-order valence-electron chi connectivity index (χ4n) is 2.50. The Balaban J connectivity index is 1.47. The second-order valence-electron chi connectivity index (χ2n) is 5.91. The largest absolute Gasteiger partial charge is 0.454 e. The van der Waals surface area contributed by atoms with Crippen LogP contribution < -0.4 is 20.1 Å². The van der Waals surface area contributed by atoms with Crippen molar-refractivity contribution in [3.63, 3.8) is 0 Å². The van der Waals surface area contributed by atoms with Crippen LogP contribution in [0.3, 0.4) is 0 Å². The van der Waals surface area contributed by atoms with Gasteiger partial charge in [0.05, 0.1) is 9.88 Å². The van der Waals surface area contributed by atoms with Gasteiger partial charge in [-0.15, -0.1) is 11.3 Å². The molecule has 0 radical (unpaired) electrons. The number of anilines is 2. The molecule has 4 rings (SSSR count). The molecule has 2 N–H and O–H groups in total. The van der Waals surface area contributed by atoms with Gasteiger partial charge in [0.1, 0.15) is 0 Å². The highest BCUT2D eigenvalue weighted by Crippen LogP contribution is 2.35. The van der Waals surface area contributed by atoms with Gasteiger partial charge in [-0.3, -0.25) is 9.59 Å². The molecule has 0 atom stereocenters. The quantitative estimate of drug-likeness (QED) is 0.891. The fraction of sp³-hybridized carbons (Fsp3) is 0.294. The van der Waals surface area contributed by atoms with Gasteiger partial charge in [-0.2, -0.15) is 0 Å². The minimum atomic E-state index is -0.205. The van der Waals surface area contributed by atoms with Gasteiger partial charge >= 0.3 is 0 Å². The van der Waals surface area contributed by atoms with Crippen LogP contribution in [0.2, 0.25) is 0 Å². The summed E-state index contributed by atoms with van der Waals surface area (Å²) in [7, 11) is 0. The summed E-state index contributed by atoms with van der Waals surface area (Å²) in [5.41, 5.74) is 1.48. The van der Waals surface area contributed by atoms with E-state index in [1.165, 1.54) is 11.3 Å². The summed E-state index contributed by atoms with van der Waals surface area (Å²) in [6.07, 6.45) is 1.90. The number of nitrogens with one attached hydrogen (secondary N) is 2. The molecule has 7 heteroatoms. The summed E-state index contributed by atoms with van der Waals surface area (Å²) < 4.78 is 10.6. The Kier molecular flexibility index (Phi) is 3.65. The number of ether oxygens (including phenoxy) is 2. The van der Waals surface area contributed by atoms with Crippen LogP contribution in [-0.2, 0) is 4.79 Å². The lowest BCUT2D eigenvalue weighted by Crippen LogP contribution is -2.12. The minimum absolute atomic E-state index is 0.0407. The lowest BCUT2D eigenvalue weighted by Gasteiger charge is -2.05. The molecule has 1 aromatic carbocycles. The molecule has 0 saturated heterocycles. The van der Waals surface area contributed by atoms with E-state index in [2.05, 4.69) is 10.6 Å². The van der Waals surface area contributed by atoms with Crippen molar-refractivity contribution in [1.82, 2.24) is 0 Å². The van der Waals surface area contributed by atoms with Crippen LogP contribution >= 0.6 is 11.3 Å². The molecule has 2 aliphatic rings. The summed E-state index contributed by atoms with van der Waals surface area (Å²) in [5, 5.41) is 6.44. The van der Waals surface area contributed by atoms with Crippen LogP contribution in [-0.4, -0.2) is 18.6 Å². The van der Waals surface area contributed by atoms with Crippen LogP contribution in [0, 0.1) is 12.8 Å². The van der Waals surface area contributed by atoms with Crippen LogP contribution in [0.25, 0.3) is 0 Å². The first kappa shape index (κ1) is 15.0. The molecule has 1 aromatic heterocycles. The van der Waals surface area contributed by atoms with Gasteiger partial charge in [0, 0.05) is 17.7 Å². The Morgan fingerprint density at radius 1 is 1.12 bits per heavy atom. The number of carbonyl (C=O) groups is 2. The standard InChI is InChI=1S/C17H16N2O4S/c1-9-6-14(19-16(20)10-2-3-10)24-15(9)17(21)18-11-4-5-12-13(7-11)23-8-22-12/h4-7,10H,2-3,8H2,1H3,(H,18,21)(H,19,20). The summed E-state index contributed by atoms with van der Waals surface area (Å²) in [6, 6.07) is 7.10. The van der Waals surface area contributed by atoms with E-state index in [0.717, 1.165) is 18.4 Å². The van der Waals surface area contributed by atoms with Crippen molar-refractivity contribution in [3.05, 3.63) is 34.7 Å². The fourth-order valence-corrected chi connectivity index (χ4v) is 3.47. The number of benzene rings is 1. The highest BCUT2D eigenvalue weighted by Gasteiger charge is 2.30. The van der Waals surface area contributed by atoms with Gasteiger partial charge in [0.25, 0.3) is 5.91 Å². The average Bonchev–Trinajstić information content (AvgIpc) is 3.20. The third kappa shape index (κ3) is 2.94. The lowest BCUT2D eigenvalue weighted by atomic mass is 10.2. The molecule has 2 amide bonds. The monoisotopic (exact) mass is 344 g/mol. The summed E-state index contributed by atoms with van der Waals surface area (Å²) in [5.74, 6) is 1.26. The molecule has 1 fully saturated rings. The van der Waals surface area contributed by atoms with E-state index in [9.17, 15) is 9.59 Å². The Hall–Kier alpha value is -2.54. The Morgan fingerprint density at radius 3 is 2.71 bits per heavy atom. The zero-order valence-electron chi connectivity index (χ0n) is 13.0. The number of hydrogen-bond acceptors (Lipinski definition) is 5. The predicted molar refractivity (Wildman–Crippen MR) is 90.9 cm³/mol. The van der Waals surface area contributed by atoms with Crippen molar-refractivity contribution >= 4 is 33.8 Å². The van der Waals surface area contributed by atoms with Crippen LogP contribution in [0.15, 0.2) is 24.3 Å². The summed E-state index contributed by atoms with van der Waals surface area (Å²) >= 11 is 1.29. The molecular formula is C17H16N2O4S. The van der Waals surface area contributed by atoms with Crippen molar-refractivity contribution in [2.75, 3.05) is 17.4 Å². The molecule has 6 nitrogen and oxygen atoms in total. The highest BCUT2D eigenvalue weighted by molar-refractivity contribution is 7.18. The van der Waals surface area contributed by atoms with Crippen LogP contribution in [0.4, 0.5) is 10.7 Å². The average molecular weight is 344 g/mol. The molecule has 2 aromatic rings. The number of aryl methyl sites for hydroxylation is 1. The van der Waals surface area contributed by atoms with E-state index in [4.69, 9.17) is 9.47 Å². The Morgan fingerprint density at radius 2 is 1.92 bits per heavy atom. The summed E-state index contributed by atoms with van der Waals surface area (Å²) in [4.78, 5) is 24.9. The molecule has 124 valence electrons. The molecule has 0 spiro atoms. The first-order valence-corrected chi connectivity index (χ1v) is 8.54. The first-order chi connectivity index (χ1) is 11.6. The Bertz CT molecular complexity index is 826. The zero-order chi connectivity index (χ0) is 16.7. The van der Waals surface area contributed by atoms with Gasteiger partial charge in [-0.1, -0.05) is 0 Å². The number of carbonyl (C=O) groups excluding carboxylic acids is 2. The third-order valence-electron chi connectivity index (χ3n) is 3.95. The van der Waals surface area contributed by atoms with Gasteiger partial charge < -0.3 is 20.1 Å². The summed E-state index contributed by atoms with van der Waals surface area (Å²) in [6.45, 7) is 2.05. The van der Waals surface area contributed by atoms with E-state index in [1.807, 2.05) is 13.0 Å². The van der Waals surface area contributed by atoms with E-state index < -0.39 is 0 Å². The van der Waals surface area contributed by atoms with E-state index in [-0.39, 0.29) is 24.5 Å². The molecule has 2 heterocycles. The maximum Gasteiger partial charge on any atom is 0.266 e. The van der Waals surface area contributed by atoms with E-state index in [0.29, 0.717) is 27.1 Å². The van der Waals surface area contributed by atoms with Crippen molar-refractivity contribution in [3.8, 4) is 11.5 Å². The number of amides is 2. The van der Waals surface area contributed by atoms with Crippen molar-refractivity contribution in [2.24, 2.45) is 5.92 Å². The SMILES string of the molecule is Cc1cc(NC(=O)C2CC2)sc1C(=O)Nc1ccc2c(c1)OCO2. The smallest absolute Gasteiger partial charge is 0.266 e. The lowest BCUT2D eigenvalue weighted by molar-refractivity contribution is -0.117. The van der Waals surface area contributed by atoms with Gasteiger partial charge in [-0.25, -0.2) is 0 Å². The highest BCUT2D eigenvalue weighted by atomic mass is 32.1.